The smallest absolute Gasteiger partial charge is 0.308 e. The van der Waals surface area contributed by atoms with E-state index in [1.807, 2.05) is 20.8 Å². The van der Waals surface area contributed by atoms with Crippen molar-refractivity contribution in [3.05, 3.63) is 0 Å². The molecule has 0 unspecified atom stereocenters. The Bertz CT molecular complexity index is 312. The minimum absolute atomic E-state index is 0.0116. The third kappa shape index (κ3) is 11.5. The highest BCUT2D eigenvalue weighted by molar-refractivity contribution is 6.83. The lowest BCUT2D eigenvalue weighted by Gasteiger charge is -2.20. The summed E-state index contributed by atoms with van der Waals surface area (Å²) < 4.78 is 5.12. The third-order valence-electron chi connectivity index (χ3n) is 1.62. The highest BCUT2D eigenvalue weighted by atomic mass is 28.3. The van der Waals surface area contributed by atoms with Crippen molar-refractivity contribution in [1.29, 1.82) is 0 Å². The molecular formula is C13H24O3Si. The van der Waals surface area contributed by atoms with E-state index in [4.69, 9.17) is 4.74 Å². The Balaban J connectivity index is 4.06. The second-order valence-corrected chi connectivity index (χ2v) is 11.0. The number of rotatable bonds is 3. The standard InChI is InChI=1S/C13H24O3Si/c1-13(2,3)16-12(15)10-11(14)8-7-9-17(4,5)6/h11,14H,8,10H2,1-6H3/t11-/m1/s1. The molecule has 1 N–H and O–H groups in total. The van der Waals surface area contributed by atoms with Crippen LogP contribution in [0.4, 0.5) is 0 Å². The van der Waals surface area contributed by atoms with Crippen molar-refractivity contribution in [3.63, 3.8) is 0 Å². The number of aliphatic hydroxyl groups is 1. The molecule has 0 aromatic carbocycles. The van der Waals surface area contributed by atoms with Crippen LogP contribution in [0, 0.1) is 11.5 Å². The van der Waals surface area contributed by atoms with Crippen molar-refractivity contribution in [2.75, 3.05) is 0 Å². The maximum Gasteiger partial charge on any atom is 0.308 e. The average Bonchev–Trinajstić information content (AvgIpc) is 1.96. The lowest BCUT2D eigenvalue weighted by atomic mass is 10.1. The number of hydrogen-bond acceptors (Lipinski definition) is 3. The van der Waals surface area contributed by atoms with Gasteiger partial charge in [0.15, 0.2) is 0 Å². The van der Waals surface area contributed by atoms with E-state index in [0.29, 0.717) is 6.42 Å². The van der Waals surface area contributed by atoms with Gasteiger partial charge in [-0.3, -0.25) is 4.79 Å². The lowest BCUT2D eigenvalue weighted by Crippen LogP contribution is -2.26. The highest BCUT2D eigenvalue weighted by Gasteiger charge is 2.18. The van der Waals surface area contributed by atoms with E-state index in [9.17, 15) is 9.90 Å². The minimum atomic E-state index is -1.39. The number of hydrogen-bond donors (Lipinski definition) is 1. The van der Waals surface area contributed by atoms with Crippen LogP contribution >= 0.6 is 0 Å². The molecule has 0 aromatic rings. The molecule has 17 heavy (non-hydrogen) atoms. The molecular weight excluding hydrogens is 232 g/mol. The van der Waals surface area contributed by atoms with Gasteiger partial charge in [0.1, 0.15) is 13.7 Å². The van der Waals surface area contributed by atoms with E-state index in [0.717, 1.165) is 0 Å². The van der Waals surface area contributed by atoms with Crippen LogP contribution in [0.3, 0.4) is 0 Å². The summed E-state index contributed by atoms with van der Waals surface area (Å²) in [6, 6.07) is 0. The van der Waals surface area contributed by atoms with Crippen molar-refractivity contribution >= 4 is 14.0 Å². The monoisotopic (exact) mass is 256 g/mol. The molecule has 98 valence electrons. The van der Waals surface area contributed by atoms with Crippen LogP contribution in [0.2, 0.25) is 19.6 Å². The summed E-state index contributed by atoms with van der Waals surface area (Å²) in [7, 11) is -1.39. The Hall–Kier alpha value is -0.793. The number of ether oxygens (including phenoxy) is 1. The van der Waals surface area contributed by atoms with E-state index in [-0.39, 0.29) is 12.4 Å². The van der Waals surface area contributed by atoms with Gasteiger partial charge in [-0.2, -0.15) is 0 Å². The van der Waals surface area contributed by atoms with Gasteiger partial charge < -0.3 is 9.84 Å². The van der Waals surface area contributed by atoms with Crippen LogP contribution in [0.5, 0.6) is 0 Å². The molecule has 0 amide bonds. The quantitative estimate of drug-likeness (QED) is 0.479. The number of aliphatic hydroxyl groups excluding tert-OH is 1. The van der Waals surface area contributed by atoms with E-state index in [2.05, 4.69) is 31.1 Å². The van der Waals surface area contributed by atoms with Crippen molar-refractivity contribution in [2.24, 2.45) is 0 Å². The largest absolute Gasteiger partial charge is 0.460 e. The van der Waals surface area contributed by atoms with Crippen LogP contribution in [-0.2, 0) is 9.53 Å². The normalized spacial score (nSPS) is 13.6. The SMILES string of the molecule is CC(C)(C)OC(=O)C[C@H](O)CC#C[Si](C)(C)C. The molecule has 0 radical (unpaired) electrons. The van der Waals surface area contributed by atoms with Gasteiger partial charge >= 0.3 is 5.97 Å². The van der Waals surface area contributed by atoms with Gasteiger partial charge in [-0.1, -0.05) is 19.6 Å². The molecule has 0 aliphatic carbocycles. The second kappa shape index (κ2) is 6.22. The van der Waals surface area contributed by atoms with Gasteiger partial charge in [0.2, 0.25) is 0 Å². The summed E-state index contributed by atoms with van der Waals surface area (Å²) in [5.41, 5.74) is 2.65. The molecule has 3 nitrogen and oxygen atoms in total. The number of carbonyl (C=O) groups is 1. The predicted octanol–water partition coefficient (Wildman–Crippen LogP) is 2.35. The fourth-order valence-corrected chi connectivity index (χ4v) is 1.71. The fourth-order valence-electron chi connectivity index (χ4n) is 1.08. The van der Waals surface area contributed by atoms with Crippen molar-refractivity contribution < 1.29 is 14.6 Å². The Morgan fingerprint density at radius 3 is 2.29 bits per heavy atom. The zero-order valence-electron chi connectivity index (χ0n) is 11.8. The Labute approximate surface area is 106 Å². The first-order chi connectivity index (χ1) is 7.49. The Morgan fingerprint density at radius 2 is 1.88 bits per heavy atom. The van der Waals surface area contributed by atoms with Gasteiger partial charge in [-0.25, -0.2) is 0 Å². The van der Waals surface area contributed by atoms with E-state index >= 15 is 0 Å². The third-order valence-corrected chi connectivity index (χ3v) is 2.55. The first-order valence-corrected chi connectivity index (χ1v) is 9.39. The van der Waals surface area contributed by atoms with E-state index in [1.165, 1.54) is 0 Å². The van der Waals surface area contributed by atoms with Crippen LogP contribution in [-0.4, -0.2) is 30.9 Å². The molecule has 0 spiro atoms. The lowest BCUT2D eigenvalue weighted by molar-refractivity contribution is -0.156. The molecule has 0 aromatic heterocycles. The van der Waals surface area contributed by atoms with Crippen molar-refractivity contribution in [2.45, 2.75) is 65.0 Å². The molecule has 1 atom stereocenters. The van der Waals surface area contributed by atoms with Crippen LogP contribution < -0.4 is 0 Å². The molecule has 0 saturated carbocycles. The van der Waals surface area contributed by atoms with Crippen LogP contribution in [0.25, 0.3) is 0 Å². The second-order valence-electron chi connectivity index (χ2n) is 6.20. The van der Waals surface area contributed by atoms with Crippen LogP contribution in [0.15, 0.2) is 0 Å². The molecule has 4 heteroatoms. The summed E-state index contributed by atoms with van der Waals surface area (Å²) >= 11 is 0. The molecule has 0 bridgehead atoms. The summed E-state index contributed by atoms with van der Waals surface area (Å²) in [4.78, 5) is 11.4. The van der Waals surface area contributed by atoms with Gasteiger partial charge in [-0.15, -0.1) is 11.5 Å². The Morgan fingerprint density at radius 1 is 1.35 bits per heavy atom. The zero-order chi connectivity index (χ0) is 13.7. The van der Waals surface area contributed by atoms with Gasteiger partial charge in [0, 0.05) is 6.42 Å². The minimum Gasteiger partial charge on any atom is -0.460 e. The maximum atomic E-state index is 11.4. The van der Waals surface area contributed by atoms with Gasteiger partial charge in [0.25, 0.3) is 0 Å². The number of carbonyl (C=O) groups excluding carboxylic acids is 1. The summed E-state index contributed by atoms with van der Waals surface area (Å²) in [5.74, 6) is 2.57. The predicted molar refractivity (Wildman–Crippen MR) is 72.2 cm³/mol. The van der Waals surface area contributed by atoms with Crippen molar-refractivity contribution in [3.8, 4) is 11.5 Å². The molecule has 0 fully saturated rings. The van der Waals surface area contributed by atoms with Gasteiger partial charge in [0.05, 0.1) is 12.5 Å². The molecule has 0 aliphatic rings. The van der Waals surface area contributed by atoms with Crippen molar-refractivity contribution in [1.82, 2.24) is 0 Å². The topological polar surface area (TPSA) is 46.5 Å². The van der Waals surface area contributed by atoms with E-state index < -0.39 is 19.8 Å². The van der Waals surface area contributed by atoms with Crippen LogP contribution in [0.1, 0.15) is 33.6 Å². The maximum absolute atomic E-state index is 11.4. The fraction of sp³-hybridized carbons (Fsp3) is 0.769. The van der Waals surface area contributed by atoms with E-state index in [1.54, 1.807) is 0 Å². The molecule has 0 heterocycles. The zero-order valence-corrected chi connectivity index (χ0v) is 12.8. The summed E-state index contributed by atoms with van der Waals surface area (Å²) in [6.45, 7) is 11.8. The molecule has 0 rings (SSSR count). The number of esters is 1. The molecule has 0 saturated heterocycles. The average molecular weight is 256 g/mol. The first-order valence-electron chi connectivity index (χ1n) is 5.89. The Kier molecular flexibility index (Phi) is 5.93. The first kappa shape index (κ1) is 16.2. The van der Waals surface area contributed by atoms with Gasteiger partial charge in [-0.05, 0) is 20.8 Å². The highest BCUT2D eigenvalue weighted by Crippen LogP contribution is 2.10. The summed E-state index contributed by atoms with van der Waals surface area (Å²) in [6.07, 6.45) is -0.380. The molecule has 0 aliphatic heterocycles. The summed E-state index contributed by atoms with van der Waals surface area (Å²) in [5, 5.41) is 9.63.